The zero-order chi connectivity index (χ0) is 19.3. The molecule has 0 saturated carbocycles. The highest BCUT2D eigenvalue weighted by molar-refractivity contribution is 6.37. The number of anilines is 1. The van der Waals surface area contributed by atoms with Gasteiger partial charge in [-0.15, -0.1) is 0 Å². The number of ether oxygens (including phenoxy) is 2. The van der Waals surface area contributed by atoms with Crippen molar-refractivity contribution < 1.29 is 19.1 Å². The summed E-state index contributed by atoms with van der Waals surface area (Å²) in [5, 5.41) is 3.15. The first-order valence-electron chi connectivity index (χ1n) is 7.58. The predicted molar refractivity (Wildman–Crippen MR) is 102 cm³/mol. The molecule has 2 rings (SSSR count). The maximum Gasteiger partial charge on any atom is 0.254 e. The van der Waals surface area contributed by atoms with Crippen LogP contribution in [0.3, 0.4) is 0 Å². The average molecular weight is 397 g/mol. The highest BCUT2D eigenvalue weighted by Gasteiger charge is 2.18. The molecule has 0 aromatic heterocycles. The number of carbonyl (C=O) groups is 2. The predicted octanol–water partition coefficient (Wildman–Crippen LogP) is 3.72. The highest BCUT2D eigenvalue weighted by Crippen LogP contribution is 2.34. The Morgan fingerprint density at radius 2 is 1.62 bits per heavy atom. The number of methoxy groups -OCH3 is 2. The molecule has 0 aliphatic rings. The van der Waals surface area contributed by atoms with Crippen LogP contribution in [0.25, 0.3) is 0 Å². The third kappa shape index (κ3) is 4.80. The van der Waals surface area contributed by atoms with Gasteiger partial charge in [0.05, 0.1) is 30.8 Å². The van der Waals surface area contributed by atoms with Crippen LogP contribution in [-0.2, 0) is 4.79 Å². The highest BCUT2D eigenvalue weighted by atomic mass is 35.5. The van der Waals surface area contributed by atoms with Gasteiger partial charge in [-0.3, -0.25) is 9.59 Å². The Labute approximate surface area is 161 Å². The molecular formula is C18H18Cl2N2O4. The summed E-state index contributed by atoms with van der Waals surface area (Å²) in [6, 6.07) is 9.78. The third-order valence-electron chi connectivity index (χ3n) is 3.55. The van der Waals surface area contributed by atoms with Crippen molar-refractivity contribution in [3.63, 3.8) is 0 Å². The quantitative estimate of drug-likeness (QED) is 0.807. The van der Waals surface area contributed by atoms with Gasteiger partial charge in [-0.25, -0.2) is 0 Å². The summed E-state index contributed by atoms with van der Waals surface area (Å²) >= 11 is 12.1. The second kappa shape index (κ2) is 8.78. The Hall–Kier alpha value is -2.44. The molecular weight excluding hydrogens is 379 g/mol. The van der Waals surface area contributed by atoms with Gasteiger partial charge in [0.15, 0.2) is 5.75 Å². The molecule has 138 valence electrons. The first-order valence-corrected chi connectivity index (χ1v) is 8.33. The molecule has 0 radical (unpaired) electrons. The van der Waals surface area contributed by atoms with Crippen LogP contribution in [0.15, 0.2) is 36.4 Å². The zero-order valence-electron chi connectivity index (χ0n) is 14.5. The van der Waals surface area contributed by atoms with Crippen LogP contribution in [-0.4, -0.2) is 44.5 Å². The van der Waals surface area contributed by atoms with E-state index in [0.29, 0.717) is 17.2 Å². The number of hydrogen-bond acceptors (Lipinski definition) is 4. The van der Waals surface area contributed by atoms with Crippen LogP contribution in [0.2, 0.25) is 10.0 Å². The van der Waals surface area contributed by atoms with Crippen molar-refractivity contribution in [2.45, 2.75) is 0 Å². The lowest BCUT2D eigenvalue weighted by molar-refractivity contribution is -0.116. The molecule has 0 spiro atoms. The summed E-state index contributed by atoms with van der Waals surface area (Å²) < 4.78 is 10.1. The summed E-state index contributed by atoms with van der Waals surface area (Å²) in [4.78, 5) is 25.9. The minimum atomic E-state index is -0.388. The minimum absolute atomic E-state index is 0.133. The number of hydrogen-bond donors (Lipinski definition) is 1. The van der Waals surface area contributed by atoms with Crippen molar-refractivity contribution in [1.82, 2.24) is 4.90 Å². The van der Waals surface area contributed by atoms with Gasteiger partial charge in [0, 0.05) is 18.3 Å². The normalized spacial score (nSPS) is 10.2. The molecule has 26 heavy (non-hydrogen) atoms. The molecule has 0 atom stereocenters. The van der Waals surface area contributed by atoms with Gasteiger partial charge in [0.1, 0.15) is 5.75 Å². The Morgan fingerprint density at radius 3 is 2.12 bits per heavy atom. The third-order valence-corrected chi connectivity index (χ3v) is 4.11. The smallest absolute Gasteiger partial charge is 0.254 e. The number of likely N-dealkylation sites (N-methyl/N-ethyl adjacent to an activating group) is 1. The van der Waals surface area contributed by atoms with Gasteiger partial charge >= 0.3 is 0 Å². The van der Waals surface area contributed by atoms with Crippen LogP contribution < -0.4 is 14.8 Å². The van der Waals surface area contributed by atoms with Gasteiger partial charge in [0.25, 0.3) is 5.91 Å². The van der Waals surface area contributed by atoms with Crippen LogP contribution in [0.5, 0.6) is 11.5 Å². The Balaban J connectivity index is 2.02. The van der Waals surface area contributed by atoms with E-state index >= 15 is 0 Å². The molecule has 0 aliphatic carbocycles. The second-order valence-corrected chi connectivity index (χ2v) is 6.23. The molecule has 8 heteroatoms. The number of nitrogens with one attached hydrogen (secondary N) is 1. The molecule has 0 fully saturated rings. The summed E-state index contributed by atoms with van der Waals surface area (Å²) in [5.74, 6) is 0.256. The molecule has 1 N–H and O–H groups in total. The van der Waals surface area contributed by atoms with E-state index in [1.54, 1.807) is 31.4 Å². The lowest BCUT2D eigenvalue weighted by Crippen LogP contribution is -2.34. The Kier molecular flexibility index (Phi) is 6.71. The van der Waals surface area contributed by atoms with Gasteiger partial charge < -0.3 is 19.7 Å². The fourth-order valence-electron chi connectivity index (χ4n) is 2.26. The summed E-state index contributed by atoms with van der Waals surface area (Å²) in [5.41, 5.74) is 0.868. The SMILES string of the molecule is COc1ccc(NC(=O)CN(C)C(=O)c2cc(Cl)c(OC)c(Cl)c2)cc1. The van der Waals surface area contributed by atoms with Gasteiger partial charge in [-0.1, -0.05) is 23.2 Å². The van der Waals surface area contributed by atoms with E-state index in [-0.39, 0.29) is 34.0 Å². The first kappa shape index (κ1) is 19.9. The first-order chi connectivity index (χ1) is 12.3. The van der Waals surface area contributed by atoms with Crippen molar-refractivity contribution >= 4 is 40.7 Å². The maximum atomic E-state index is 12.5. The number of nitrogens with zero attached hydrogens (tertiary/aromatic N) is 1. The van der Waals surface area contributed by atoms with E-state index in [0.717, 1.165) is 0 Å². The van der Waals surface area contributed by atoms with E-state index in [9.17, 15) is 9.59 Å². The maximum absolute atomic E-state index is 12.5. The zero-order valence-corrected chi connectivity index (χ0v) is 16.0. The van der Waals surface area contributed by atoms with Crippen LogP contribution in [0, 0.1) is 0 Å². The molecule has 0 bridgehead atoms. The second-order valence-electron chi connectivity index (χ2n) is 5.41. The molecule has 0 heterocycles. The lowest BCUT2D eigenvalue weighted by atomic mass is 10.2. The van der Waals surface area contributed by atoms with Crippen molar-refractivity contribution in [1.29, 1.82) is 0 Å². The van der Waals surface area contributed by atoms with Gasteiger partial charge in [0.2, 0.25) is 5.91 Å². The fraction of sp³-hybridized carbons (Fsp3) is 0.222. The largest absolute Gasteiger partial charge is 0.497 e. The van der Waals surface area contributed by atoms with Crippen LogP contribution in [0.1, 0.15) is 10.4 Å². The van der Waals surface area contributed by atoms with E-state index in [1.165, 1.54) is 31.2 Å². The number of benzene rings is 2. The van der Waals surface area contributed by atoms with Crippen LogP contribution in [0.4, 0.5) is 5.69 Å². The minimum Gasteiger partial charge on any atom is -0.497 e. The van der Waals surface area contributed by atoms with E-state index < -0.39 is 0 Å². The summed E-state index contributed by atoms with van der Waals surface area (Å²) in [6.45, 7) is -0.133. The average Bonchev–Trinajstić information content (AvgIpc) is 2.61. The van der Waals surface area contributed by atoms with E-state index in [4.69, 9.17) is 32.7 Å². The Morgan fingerprint density at radius 1 is 1.04 bits per heavy atom. The molecule has 0 saturated heterocycles. The lowest BCUT2D eigenvalue weighted by Gasteiger charge is -2.18. The molecule has 6 nitrogen and oxygen atoms in total. The molecule has 2 amide bonds. The number of halogens is 2. The molecule has 2 aromatic carbocycles. The van der Waals surface area contributed by atoms with Gasteiger partial charge in [-0.2, -0.15) is 0 Å². The fourth-order valence-corrected chi connectivity index (χ4v) is 2.90. The monoisotopic (exact) mass is 396 g/mol. The van der Waals surface area contributed by atoms with Gasteiger partial charge in [-0.05, 0) is 36.4 Å². The van der Waals surface area contributed by atoms with E-state index in [2.05, 4.69) is 5.32 Å². The van der Waals surface area contributed by atoms with Crippen molar-refractivity contribution in [3.05, 3.63) is 52.0 Å². The Bertz CT molecular complexity index is 786. The van der Waals surface area contributed by atoms with Crippen molar-refractivity contribution in [3.8, 4) is 11.5 Å². The number of amides is 2. The number of carbonyl (C=O) groups excluding carboxylic acids is 2. The topological polar surface area (TPSA) is 67.9 Å². The van der Waals surface area contributed by atoms with Crippen molar-refractivity contribution in [2.24, 2.45) is 0 Å². The summed E-state index contributed by atoms with van der Waals surface area (Å²) in [7, 11) is 4.51. The summed E-state index contributed by atoms with van der Waals surface area (Å²) in [6.07, 6.45) is 0. The van der Waals surface area contributed by atoms with Crippen molar-refractivity contribution in [2.75, 3.05) is 33.1 Å². The number of rotatable bonds is 6. The molecule has 0 aliphatic heterocycles. The molecule has 2 aromatic rings. The van der Waals surface area contributed by atoms with E-state index in [1.807, 2.05) is 0 Å². The standard InChI is InChI=1S/C18H18Cl2N2O4/c1-22(10-16(23)21-12-4-6-13(25-2)7-5-12)18(24)11-8-14(19)17(26-3)15(20)9-11/h4-9H,10H2,1-3H3,(H,21,23). The molecule has 0 unspecified atom stereocenters. The van der Waals surface area contributed by atoms with Crippen LogP contribution >= 0.6 is 23.2 Å².